The maximum atomic E-state index is 11.5. The molecule has 1 rings (SSSR count). The number of allylic oxidation sites excluding steroid dienone is 1. The van der Waals surface area contributed by atoms with Gasteiger partial charge < -0.3 is 14.7 Å². The summed E-state index contributed by atoms with van der Waals surface area (Å²) in [6, 6.07) is 3.22. The Morgan fingerprint density at radius 3 is 2.67 bits per heavy atom. The summed E-state index contributed by atoms with van der Waals surface area (Å²) in [4.78, 5) is 13.6. The number of aromatic hydroxyl groups is 1. The second-order valence-corrected chi connectivity index (χ2v) is 5.38. The van der Waals surface area contributed by atoms with Gasteiger partial charge in [-0.15, -0.1) is 6.58 Å². The highest BCUT2D eigenvalue weighted by atomic mass is 16.5. The standard InChI is InChI=1S/C17H25NO3/c1-5-8-14-11-15(13(2)19)16(20)12-17(14)21-10-7-6-9-18(3)4/h5,11-12,20H,1,6-10H2,2-4H3. The minimum Gasteiger partial charge on any atom is -0.507 e. The smallest absolute Gasteiger partial charge is 0.163 e. The Balaban J connectivity index is 2.73. The SMILES string of the molecule is C=CCc1cc(C(C)=O)c(O)cc1OCCCCN(C)C. The lowest BCUT2D eigenvalue weighted by atomic mass is 10.0. The number of carbonyl (C=O) groups is 1. The van der Waals surface area contributed by atoms with Crippen LogP contribution in [0.25, 0.3) is 0 Å². The molecule has 0 bridgehead atoms. The van der Waals surface area contributed by atoms with Crippen LogP contribution in [0.15, 0.2) is 24.8 Å². The molecule has 0 unspecified atom stereocenters. The van der Waals surface area contributed by atoms with Crippen molar-refractivity contribution in [2.24, 2.45) is 0 Å². The quantitative estimate of drug-likeness (QED) is 0.431. The number of benzene rings is 1. The van der Waals surface area contributed by atoms with Crippen LogP contribution in [0.2, 0.25) is 0 Å². The highest BCUT2D eigenvalue weighted by molar-refractivity contribution is 5.97. The summed E-state index contributed by atoms with van der Waals surface area (Å²) < 4.78 is 5.75. The minimum atomic E-state index is -0.157. The van der Waals surface area contributed by atoms with E-state index in [1.165, 1.54) is 13.0 Å². The van der Waals surface area contributed by atoms with E-state index in [-0.39, 0.29) is 11.5 Å². The molecular formula is C17H25NO3. The maximum Gasteiger partial charge on any atom is 0.163 e. The van der Waals surface area contributed by atoms with Crippen LogP contribution in [0.4, 0.5) is 0 Å². The lowest BCUT2D eigenvalue weighted by Gasteiger charge is -2.14. The van der Waals surface area contributed by atoms with Crippen molar-refractivity contribution in [3.63, 3.8) is 0 Å². The Morgan fingerprint density at radius 1 is 1.38 bits per heavy atom. The summed E-state index contributed by atoms with van der Waals surface area (Å²) in [5.74, 6) is 0.441. The molecule has 1 aromatic carbocycles. The van der Waals surface area contributed by atoms with Crippen molar-refractivity contribution in [3.8, 4) is 11.5 Å². The van der Waals surface area contributed by atoms with Gasteiger partial charge in [0.05, 0.1) is 12.2 Å². The third-order valence-electron chi connectivity index (χ3n) is 3.18. The lowest BCUT2D eigenvalue weighted by Crippen LogP contribution is -2.13. The highest BCUT2D eigenvalue weighted by Crippen LogP contribution is 2.29. The van der Waals surface area contributed by atoms with Gasteiger partial charge in [-0.1, -0.05) is 6.08 Å². The van der Waals surface area contributed by atoms with Gasteiger partial charge in [0.1, 0.15) is 11.5 Å². The zero-order valence-electron chi connectivity index (χ0n) is 13.2. The number of hydrogen-bond donors (Lipinski definition) is 1. The molecule has 0 aliphatic heterocycles. The van der Waals surface area contributed by atoms with Crippen LogP contribution in [0.1, 0.15) is 35.7 Å². The van der Waals surface area contributed by atoms with Gasteiger partial charge in [0.15, 0.2) is 5.78 Å². The van der Waals surface area contributed by atoms with Gasteiger partial charge in [0.2, 0.25) is 0 Å². The first-order valence-corrected chi connectivity index (χ1v) is 7.21. The average Bonchev–Trinajstić information content (AvgIpc) is 2.40. The van der Waals surface area contributed by atoms with E-state index in [4.69, 9.17) is 4.74 Å². The predicted octanol–water partition coefficient (Wildman–Crippen LogP) is 3.04. The summed E-state index contributed by atoms with van der Waals surface area (Å²) in [6.45, 7) is 6.77. The van der Waals surface area contributed by atoms with E-state index in [0.717, 1.165) is 24.9 Å². The van der Waals surface area contributed by atoms with Crippen molar-refractivity contribution >= 4 is 5.78 Å². The van der Waals surface area contributed by atoms with Gasteiger partial charge in [-0.3, -0.25) is 4.79 Å². The number of nitrogens with zero attached hydrogens (tertiary/aromatic N) is 1. The van der Waals surface area contributed by atoms with Crippen LogP contribution in [0.3, 0.4) is 0 Å². The number of phenols is 1. The zero-order chi connectivity index (χ0) is 15.8. The predicted molar refractivity (Wildman–Crippen MR) is 85.3 cm³/mol. The number of phenolic OH excluding ortho intramolecular Hbond substituents is 1. The van der Waals surface area contributed by atoms with Gasteiger partial charge in [0.25, 0.3) is 0 Å². The summed E-state index contributed by atoms with van der Waals surface area (Å²) in [7, 11) is 4.09. The topological polar surface area (TPSA) is 49.8 Å². The number of unbranched alkanes of at least 4 members (excludes halogenated alkanes) is 1. The molecule has 116 valence electrons. The Labute approximate surface area is 127 Å². The van der Waals surface area contributed by atoms with Gasteiger partial charge in [-0.2, -0.15) is 0 Å². The average molecular weight is 291 g/mol. The van der Waals surface area contributed by atoms with Crippen molar-refractivity contribution in [1.29, 1.82) is 0 Å². The summed E-state index contributed by atoms with van der Waals surface area (Å²) in [5, 5.41) is 9.90. The molecule has 0 radical (unpaired) electrons. The van der Waals surface area contributed by atoms with Gasteiger partial charge in [0, 0.05) is 6.07 Å². The van der Waals surface area contributed by atoms with Crippen LogP contribution >= 0.6 is 0 Å². The number of hydrogen-bond acceptors (Lipinski definition) is 4. The van der Waals surface area contributed by atoms with E-state index < -0.39 is 0 Å². The molecule has 0 heterocycles. The Kier molecular flexibility index (Phi) is 6.96. The van der Waals surface area contributed by atoms with E-state index >= 15 is 0 Å². The largest absolute Gasteiger partial charge is 0.507 e. The van der Waals surface area contributed by atoms with Crippen molar-refractivity contribution in [2.45, 2.75) is 26.2 Å². The van der Waals surface area contributed by atoms with Crippen molar-refractivity contribution in [3.05, 3.63) is 35.9 Å². The molecule has 4 heteroatoms. The molecule has 0 aliphatic carbocycles. The molecule has 0 saturated carbocycles. The number of ketones is 1. The fourth-order valence-corrected chi connectivity index (χ4v) is 2.06. The molecule has 0 saturated heterocycles. The molecule has 0 spiro atoms. The Morgan fingerprint density at radius 2 is 2.10 bits per heavy atom. The molecule has 0 aromatic heterocycles. The first-order chi connectivity index (χ1) is 9.95. The Hall–Kier alpha value is -1.81. The van der Waals surface area contributed by atoms with Crippen LogP contribution in [-0.4, -0.2) is 43.0 Å². The van der Waals surface area contributed by atoms with E-state index in [1.807, 2.05) is 14.1 Å². The second kappa shape index (κ2) is 8.47. The van der Waals surface area contributed by atoms with Crippen molar-refractivity contribution in [1.82, 2.24) is 4.90 Å². The molecular weight excluding hydrogens is 266 g/mol. The van der Waals surface area contributed by atoms with E-state index in [0.29, 0.717) is 24.3 Å². The third kappa shape index (κ3) is 5.60. The Bertz CT molecular complexity index is 495. The van der Waals surface area contributed by atoms with Gasteiger partial charge in [-0.25, -0.2) is 0 Å². The molecule has 0 amide bonds. The first-order valence-electron chi connectivity index (χ1n) is 7.21. The number of ether oxygens (including phenoxy) is 1. The van der Waals surface area contributed by atoms with Crippen LogP contribution in [0, 0.1) is 0 Å². The fourth-order valence-electron chi connectivity index (χ4n) is 2.06. The molecule has 0 aliphatic rings. The molecule has 1 aromatic rings. The van der Waals surface area contributed by atoms with Crippen LogP contribution < -0.4 is 4.74 Å². The zero-order valence-corrected chi connectivity index (χ0v) is 13.2. The van der Waals surface area contributed by atoms with E-state index in [9.17, 15) is 9.90 Å². The van der Waals surface area contributed by atoms with E-state index in [1.54, 1.807) is 12.1 Å². The normalized spacial score (nSPS) is 10.7. The summed E-state index contributed by atoms with van der Waals surface area (Å²) in [5.41, 5.74) is 1.20. The van der Waals surface area contributed by atoms with Gasteiger partial charge >= 0.3 is 0 Å². The number of rotatable bonds is 9. The monoisotopic (exact) mass is 291 g/mol. The molecule has 0 fully saturated rings. The molecule has 21 heavy (non-hydrogen) atoms. The lowest BCUT2D eigenvalue weighted by molar-refractivity contribution is 0.101. The summed E-state index contributed by atoms with van der Waals surface area (Å²) in [6.07, 6.45) is 4.37. The van der Waals surface area contributed by atoms with E-state index in [2.05, 4.69) is 11.5 Å². The van der Waals surface area contributed by atoms with Gasteiger partial charge in [-0.05, 0) is 58.5 Å². The molecule has 1 N–H and O–H groups in total. The molecule has 4 nitrogen and oxygen atoms in total. The molecule has 0 atom stereocenters. The maximum absolute atomic E-state index is 11.5. The van der Waals surface area contributed by atoms with Crippen LogP contribution in [0.5, 0.6) is 11.5 Å². The second-order valence-electron chi connectivity index (χ2n) is 5.38. The van der Waals surface area contributed by atoms with Crippen molar-refractivity contribution in [2.75, 3.05) is 27.2 Å². The van der Waals surface area contributed by atoms with Crippen molar-refractivity contribution < 1.29 is 14.6 Å². The fraction of sp³-hybridized carbons (Fsp3) is 0.471. The number of carbonyl (C=O) groups excluding carboxylic acids is 1. The first kappa shape index (κ1) is 17.2. The third-order valence-corrected chi connectivity index (χ3v) is 3.18. The minimum absolute atomic E-state index is 0.0291. The van der Waals surface area contributed by atoms with Crippen LogP contribution in [-0.2, 0) is 6.42 Å². The highest BCUT2D eigenvalue weighted by Gasteiger charge is 2.12. The summed E-state index contributed by atoms with van der Waals surface area (Å²) >= 11 is 0. The number of Topliss-reactive ketones (excluding diaryl/α,β-unsaturated/α-hetero) is 1.